The minimum Gasteiger partial charge on any atom is -0.450 e. The topological polar surface area (TPSA) is 67.7 Å². The van der Waals surface area contributed by atoms with Gasteiger partial charge in [-0.1, -0.05) is 0 Å². The fraction of sp³-hybridized carbons (Fsp3) is 0.353. The maximum absolute atomic E-state index is 13.0. The van der Waals surface area contributed by atoms with Crippen molar-refractivity contribution in [3.63, 3.8) is 0 Å². The number of piperazine rings is 1. The Labute approximate surface area is 144 Å². The van der Waals surface area contributed by atoms with Gasteiger partial charge in [-0.3, -0.25) is 4.79 Å². The molecule has 25 heavy (non-hydrogen) atoms. The first kappa shape index (κ1) is 16.9. The fourth-order valence-electron chi connectivity index (χ4n) is 2.64. The van der Waals surface area contributed by atoms with Crippen LogP contribution in [0.25, 0.3) is 5.69 Å². The lowest BCUT2D eigenvalue weighted by Crippen LogP contribution is -2.50. The Morgan fingerprint density at radius 3 is 2.36 bits per heavy atom. The number of hydrogen-bond donors (Lipinski definition) is 0. The molecule has 3 rings (SSSR count). The van der Waals surface area contributed by atoms with E-state index in [0.717, 1.165) is 0 Å². The molecule has 0 spiro atoms. The van der Waals surface area contributed by atoms with Crippen molar-refractivity contribution in [3.8, 4) is 5.69 Å². The van der Waals surface area contributed by atoms with Gasteiger partial charge in [0.05, 0.1) is 12.3 Å². The highest BCUT2D eigenvalue weighted by molar-refractivity contribution is 5.92. The molecule has 132 valence electrons. The molecule has 1 aliphatic rings. The van der Waals surface area contributed by atoms with Gasteiger partial charge in [-0.15, -0.1) is 0 Å². The summed E-state index contributed by atoms with van der Waals surface area (Å²) in [6.45, 7) is 3.82. The second kappa shape index (κ2) is 7.33. The van der Waals surface area contributed by atoms with Gasteiger partial charge >= 0.3 is 6.09 Å². The van der Waals surface area contributed by atoms with Crippen LogP contribution in [0.2, 0.25) is 0 Å². The summed E-state index contributed by atoms with van der Waals surface area (Å²) in [5.74, 6) is -0.518. The Kier molecular flexibility index (Phi) is 4.97. The molecule has 0 unspecified atom stereocenters. The van der Waals surface area contributed by atoms with E-state index in [4.69, 9.17) is 4.74 Å². The molecule has 0 bridgehead atoms. The van der Waals surface area contributed by atoms with Gasteiger partial charge in [0.15, 0.2) is 5.69 Å². The van der Waals surface area contributed by atoms with Crippen molar-refractivity contribution in [2.75, 3.05) is 32.8 Å². The minimum atomic E-state index is -0.352. The second-order valence-electron chi connectivity index (χ2n) is 5.60. The molecule has 8 heteroatoms. The van der Waals surface area contributed by atoms with Gasteiger partial charge in [-0.05, 0) is 37.3 Å². The Balaban J connectivity index is 1.63. The average molecular weight is 346 g/mol. The quantitative estimate of drug-likeness (QED) is 0.852. The second-order valence-corrected chi connectivity index (χ2v) is 5.60. The third-order valence-corrected chi connectivity index (χ3v) is 3.99. The summed E-state index contributed by atoms with van der Waals surface area (Å²) in [6.07, 6.45) is 1.31. The predicted molar refractivity (Wildman–Crippen MR) is 88.0 cm³/mol. The van der Waals surface area contributed by atoms with Crippen LogP contribution in [0.4, 0.5) is 9.18 Å². The summed E-state index contributed by atoms with van der Waals surface area (Å²) in [7, 11) is 0. The smallest absolute Gasteiger partial charge is 0.409 e. The lowest BCUT2D eigenvalue weighted by atomic mass is 10.3. The van der Waals surface area contributed by atoms with Crippen LogP contribution in [0.5, 0.6) is 0 Å². The highest BCUT2D eigenvalue weighted by atomic mass is 19.1. The van der Waals surface area contributed by atoms with E-state index in [9.17, 15) is 14.0 Å². The van der Waals surface area contributed by atoms with Gasteiger partial charge in [0.2, 0.25) is 0 Å². The van der Waals surface area contributed by atoms with Crippen molar-refractivity contribution < 1.29 is 18.7 Å². The SMILES string of the molecule is CCOC(=O)N1CCN(C(=O)c2ccn(-c3ccc(F)cc3)n2)CC1. The molecule has 0 N–H and O–H groups in total. The fourth-order valence-corrected chi connectivity index (χ4v) is 2.64. The molecule has 0 saturated carbocycles. The van der Waals surface area contributed by atoms with E-state index in [1.165, 1.54) is 16.8 Å². The van der Waals surface area contributed by atoms with E-state index in [1.807, 2.05) is 0 Å². The molecule has 2 amide bonds. The number of aromatic nitrogens is 2. The Morgan fingerprint density at radius 2 is 1.72 bits per heavy atom. The molecular weight excluding hydrogens is 327 g/mol. The van der Waals surface area contributed by atoms with E-state index in [-0.39, 0.29) is 17.8 Å². The van der Waals surface area contributed by atoms with Crippen molar-refractivity contribution in [2.45, 2.75) is 6.92 Å². The minimum absolute atomic E-state index is 0.190. The van der Waals surface area contributed by atoms with E-state index in [0.29, 0.717) is 44.2 Å². The van der Waals surface area contributed by atoms with Crippen LogP contribution in [0.3, 0.4) is 0 Å². The molecule has 2 aromatic rings. The summed E-state index contributed by atoms with van der Waals surface area (Å²) < 4.78 is 19.5. The Morgan fingerprint density at radius 1 is 1.08 bits per heavy atom. The molecule has 1 aliphatic heterocycles. The van der Waals surface area contributed by atoms with Gasteiger partial charge in [-0.25, -0.2) is 13.9 Å². The number of amides is 2. The van der Waals surface area contributed by atoms with Crippen LogP contribution in [-0.4, -0.2) is 64.4 Å². The maximum Gasteiger partial charge on any atom is 0.409 e. The zero-order valence-electron chi connectivity index (χ0n) is 13.9. The first-order chi connectivity index (χ1) is 12.1. The molecule has 1 aromatic heterocycles. The largest absolute Gasteiger partial charge is 0.450 e. The van der Waals surface area contributed by atoms with E-state index in [1.54, 1.807) is 41.1 Å². The number of ether oxygens (including phenoxy) is 1. The predicted octanol–water partition coefficient (Wildman–Crippen LogP) is 1.93. The highest BCUT2D eigenvalue weighted by Crippen LogP contribution is 2.12. The van der Waals surface area contributed by atoms with Crippen LogP contribution in [0, 0.1) is 5.82 Å². The van der Waals surface area contributed by atoms with E-state index in [2.05, 4.69) is 5.10 Å². The molecule has 0 aliphatic carbocycles. The summed E-state index contributed by atoms with van der Waals surface area (Å²) in [6, 6.07) is 7.49. The number of nitrogens with zero attached hydrogens (tertiary/aromatic N) is 4. The van der Waals surface area contributed by atoms with Crippen molar-refractivity contribution in [1.29, 1.82) is 0 Å². The monoisotopic (exact) mass is 346 g/mol. The van der Waals surface area contributed by atoms with E-state index >= 15 is 0 Å². The van der Waals surface area contributed by atoms with Gasteiger partial charge in [0, 0.05) is 32.4 Å². The molecule has 7 nitrogen and oxygen atoms in total. The lowest BCUT2D eigenvalue weighted by molar-refractivity contribution is 0.0565. The zero-order valence-corrected chi connectivity index (χ0v) is 13.9. The molecule has 0 atom stereocenters. The Hall–Kier alpha value is -2.90. The maximum atomic E-state index is 13.0. The van der Waals surface area contributed by atoms with Crippen LogP contribution < -0.4 is 0 Å². The van der Waals surface area contributed by atoms with Crippen LogP contribution in [0.1, 0.15) is 17.4 Å². The summed E-state index contributed by atoms with van der Waals surface area (Å²) >= 11 is 0. The lowest BCUT2D eigenvalue weighted by Gasteiger charge is -2.33. The number of halogens is 1. The van der Waals surface area contributed by atoms with Crippen molar-refractivity contribution in [2.24, 2.45) is 0 Å². The van der Waals surface area contributed by atoms with Gasteiger partial charge in [0.25, 0.3) is 5.91 Å². The van der Waals surface area contributed by atoms with Gasteiger partial charge in [-0.2, -0.15) is 5.10 Å². The molecule has 1 fully saturated rings. The number of carbonyl (C=O) groups excluding carboxylic acids is 2. The summed E-state index contributed by atoms with van der Waals surface area (Å²) in [5.41, 5.74) is 0.987. The number of carbonyl (C=O) groups is 2. The van der Waals surface area contributed by atoms with Crippen molar-refractivity contribution in [1.82, 2.24) is 19.6 Å². The molecular formula is C17H19FN4O3. The third-order valence-electron chi connectivity index (χ3n) is 3.99. The number of benzene rings is 1. The average Bonchev–Trinajstić information content (AvgIpc) is 3.12. The van der Waals surface area contributed by atoms with Gasteiger partial charge in [0.1, 0.15) is 5.82 Å². The van der Waals surface area contributed by atoms with E-state index < -0.39 is 0 Å². The summed E-state index contributed by atoms with van der Waals surface area (Å²) in [4.78, 5) is 27.5. The van der Waals surface area contributed by atoms with Crippen LogP contribution in [0.15, 0.2) is 36.5 Å². The normalized spacial score (nSPS) is 14.5. The molecule has 2 heterocycles. The van der Waals surface area contributed by atoms with Crippen LogP contribution >= 0.6 is 0 Å². The third kappa shape index (κ3) is 3.78. The molecule has 1 aromatic carbocycles. The first-order valence-electron chi connectivity index (χ1n) is 8.11. The van der Waals surface area contributed by atoms with Crippen molar-refractivity contribution in [3.05, 3.63) is 48.0 Å². The van der Waals surface area contributed by atoms with Gasteiger partial charge < -0.3 is 14.5 Å². The number of hydrogen-bond acceptors (Lipinski definition) is 4. The van der Waals surface area contributed by atoms with Crippen molar-refractivity contribution >= 4 is 12.0 Å². The first-order valence-corrected chi connectivity index (χ1v) is 8.11. The summed E-state index contributed by atoms with van der Waals surface area (Å²) in [5, 5.41) is 4.27. The Bertz CT molecular complexity index is 752. The highest BCUT2D eigenvalue weighted by Gasteiger charge is 2.26. The molecule has 1 saturated heterocycles. The standard InChI is InChI=1S/C17H19FN4O3/c1-2-25-17(24)21-11-9-20(10-12-21)16(23)15-7-8-22(19-15)14-5-3-13(18)4-6-14/h3-8H,2,9-12H2,1H3. The molecule has 0 radical (unpaired) electrons. The zero-order chi connectivity index (χ0) is 17.8. The van der Waals surface area contributed by atoms with Crippen LogP contribution in [-0.2, 0) is 4.74 Å². The number of rotatable bonds is 3.